The van der Waals surface area contributed by atoms with Gasteiger partial charge >= 0.3 is 6.03 Å². The van der Waals surface area contributed by atoms with Crippen LogP contribution >= 0.6 is 11.3 Å². The van der Waals surface area contributed by atoms with Crippen molar-refractivity contribution >= 4 is 22.5 Å². The van der Waals surface area contributed by atoms with Gasteiger partial charge in [-0.25, -0.2) is 4.79 Å². The second kappa shape index (κ2) is 6.99. The molecule has 112 valence electrons. The molecule has 2 rings (SSSR count). The first-order chi connectivity index (χ1) is 9.60. The molecule has 1 aliphatic rings. The van der Waals surface area contributed by atoms with Gasteiger partial charge in [0.2, 0.25) is 5.13 Å². The molecule has 20 heavy (non-hydrogen) atoms. The van der Waals surface area contributed by atoms with Crippen molar-refractivity contribution in [2.75, 3.05) is 18.9 Å². The van der Waals surface area contributed by atoms with Crippen molar-refractivity contribution in [2.45, 2.75) is 45.1 Å². The Hall–Kier alpha value is -1.21. The van der Waals surface area contributed by atoms with Gasteiger partial charge in [0.05, 0.1) is 6.10 Å². The molecule has 1 saturated carbocycles. The summed E-state index contributed by atoms with van der Waals surface area (Å²) in [5, 5.41) is 22.0. The molecule has 7 heteroatoms. The lowest BCUT2D eigenvalue weighted by Crippen LogP contribution is -2.40. The van der Waals surface area contributed by atoms with Gasteiger partial charge in [-0.3, -0.25) is 5.32 Å². The molecule has 0 spiro atoms. The third kappa shape index (κ3) is 3.89. The molecule has 0 bridgehead atoms. The number of aryl methyl sites for hydroxylation is 1. The highest BCUT2D eigenvalue weighted by Gasteiger charge is 2.25. The van der Waals surface area contributed by atoms with E-state index in [9.17, 15) is 9.90 Å². The van der Waals surface area contributed by atoms with E-state index >= 15 is 0 Å². The van der Waals surface area contributed by atoms with E-state index in [0.29, 0.717) is 11.7 Å². The van der Waals surface area contributed by atoms with Crippen molar-refractivity contribution in [1.29, 1.82) is 0 Å². The second-order valence-electron chi connectivity index (χ2n) is 5.28. The normalized spacial score (nSPS) is 22.6. The van der Waals surface area contributed by atoms with Crippen LogP contribution < -0.4 is 5.32 Å². The third-order valence-electron chi connectivity index (χ3n) is 3.71. The topological polar surface area (TPSA) is 78.4 Å². The molecule has 0 radical (unpaired) electrons. The maximum atomic E-state index is 12.1. The molecule has 2 atom stereocenters. The quantitative estimate of drug-likeness (QED) is 0.892. The fraction of sp³-hybridized carbons (Fsp3) is 0.769. The van der Waals surface area contributed by atoms with Crippen LogP contribution in [-0.2, 0) is 6.42 Å². The first-order valence-corrected chi connectivity index (χ1v) is 7.94. The number of urea groups is 1. The third-order valence-corrected chi connectivity index (χ3v) is 4.69. The number of anilines is 1. The predicted molar refractivity (Wildman–Crippen MR) is 78.9 cm³/mol. The first kappa shape index (κ1) is 15.2. The Morgan fingerprint density at radius 1 is 1.45 bits per heavy atom. The fourth-order valence-corrected chi connectivity index (χ4v) is 3.14. The van der Waals surface area contributed by atoms with Gasteiger partial charge in [-0.05, 0) is 19.3 Å². The van der Waals surface area contributed by atoms with Crippen LogP contribution in [-0.4, -0.2) is 45.9 Å². The van der Waals surface area contributed by atoms with Gasteiger partial charge in [0, 0.05) is 19.5 Å². The summed E-state index contributed by atoms with van der Waals surface area (Å²) in [6.07, 6.45) is 4.57. The first-order valence-electron chi connectivity index (χ1n) is 7.12. The standard InChI is InChI=1S/C13H22N4O2S/c1-3-11-15-16-12(20-11)14-13(19)17(2)8-9-6-4-5-7-10(9)18/h9-10,18H,3-8H2,1-2H3,(H,14,16,19)/t9-,10+/m1/s1. The smallest absolute Gasteiger partial charge is 0.323 e. The van der Waals surface area contributed by atoms with Crippen LogP contribution in [0.15, 0.2) is 0 Å². The lowest BCUT2D eigenvalue weighted by Gasteiger charge is -2.31. The number of carbonyl (C=O) groups is 1. The molecule has 2 N–H and O–H groups in total. The number of rotatable bonds is 4. The number of aliphatic hydroxyl groups is 1. The lowest BCUT2D eigenvalue weighted by molar-refractivity contribution is 0.0575. The molecule has 0 aliphatic heterocycles. The van der Waals surface area contributed by atoms with Crippen LogP contribution in [0.5, 0.6) is 0 Å². The maximum Gasteiger partial charge on any atom is 0.323 e. The zero-order valence-corrected chi connectivity index (χ0v) is 12.8. The molecule has 1 fully saturated rings. The van der Waals surface area contributed by atoms with Crippen LogP contribution in [0.2, 0.25) is 0 Å². The number of amides is 2. The van der Waals surface area contributed by atoms with Crippen molar-refractivity contribution in [3.63, 3.8) is 0 Å². The van der Waals surface area contributed by atoms with Gasteiger partial charge in [-0.15, -0.1) is 10.2 Å². The van der Waals surface area contributed by atoms with Crippen molar-refractivity contribution in [3.8, 4) is 0 Å². The average molecular weight is 298 g/mol. The number of aliphatic hydroxyl groups excluding tert-OH is 1. The van der Waals surface area contributed by atoms with E-state index in [-0.39, 0.29) is 18.1 Å². The Balaban J connectivity index is 1.85. The number of hydrogen-bond donors (Lipinski definition) is 2. The molecule has 2 amide bonds. The van der Waals surface area contributed by atoms with Crippen molar-refractivity contribution in [1.82, 2.24) is 15.1 Å². The number of hydrogen-bond acceptors (Lipinski definition) is 5. The van der Waals surface area contributed by atoms with E-state index in [1.807, 2.05) is 6.92 Å². The maximum absolute atomic E-state index is 12.1. The Morgan fingerprint density at radius 3 is 2.85 bits per heavy atom. The summed E-state index contributed by atoms with van der Waals surface area (Å²) in [5.74, 6) is 0.181. The summed E-state index contributed by atoms with van der Waals surface area (Å²) in [6, 6.07) is -0.193. The SMILES string of the molecule is CCc1nnc(NC(=O)N(C)C[C@H]2CCCC[C@@H]2O)s1. The van der Waals surface area contributed by atoms with E-state index in [1.165, 1.54) is 11.3 Å². The van der Waals surface area contributed by atoms with Crippen LogP contribution in [0.4, 0.5) is 9.93 Å². The number of aromatic nitrogens is 2. The zero-order chi connectivity index (χ0) is 14.5. The van der Waals surface area contributed by atoms with E-state index in [4.69, 9.17) is 0 Å². The van der Waals surface area contributed by atoms with Crippen LogP contribution in [0.1, 0.15) is 37.6 Å². The van der Waals surface area contributed by atoms with Gasteiger partial charge in [0.25, 0.3) is 0 Å². The molecule has 1 heterocycles. The second-order valence-corrected chi connectivity index (χ2v) is 6.34. The minimum atomic E-state index is -0.285. The zero-order valence-electron chi connectivity index (χ0n) is 12.0. The van der Waals surface area contributed by atoms with Gasteiger partial charge in [-0.1, -0.05) is 31.1 Å². The highest BCUT2D eigenvalue weighted by atomic mass is 32.1. The fourth-order valence-electron chi connectivity index (χ4n) is 2.47. The van der Waals surface area contributed by atoms with Crippen LogP contribution in [0.3, 0.4) is 0 Å². The van der Waals surface area contributed by atoms with Gasteiger partial charge in [0.15, 0.2) is 0 Å². The summed E-state index contributed by atoms with van der Waals surface area (Å²) >= 11 is 1.40. The predicted octanol–water partition coefficient (Wildman–Crippen LogP) is 2.12. The Labute approximate surface area is 123 Å². The average Bonchev–Trinajstić information content (AvgIpc) is 2.89. The summed E-state index contributed by atoms with van der Waals surface area (Å²) in [5.41, 5.74) is 0. The number of nitrogens with one attached hydrogen (secondary N) is 1. The van der Waals surface area contributed by atoms with Crippen LogP contribution in [0.25, 0.3) is 0 Å². The largest absolute Gasteiger partial charge is 0.393 e. The molecular formula is C13H22N4O2S. The number of nitrogens with zero attached hydrogens (tertiary/aromatic N) is 3. The summed E-state index contributed by atoms with van der Waals surface area (Å²) < 4.78 is 0. The van der Waals surface area contributed by atoms with Crippen molar-refractivity contribution < 1.29 is 9.90 Å². The van der Waals surface area contributed by atoms with Crippen LogP contribution in [0, 0.1) is 5.92 Å². The monoisotopic (exact) mass is 298 g/mol. The highest BCUT2D eigenvalue weighted by molar-refractivity contribution is 7.15. The van der Waals surface area contributed by atoms with Gasteiger partial charge in [-0.2, -0.15) is 0 Å². The molecule has 0 unspecified atom stereocenters. The van der Waals surface area contributed by atoms with E-state index < -0.39 is 0 Å². The number of carbonyl (C=O) groups excluding carboxylic acids is 1. The Bertz CT molecular complexity index is 451. The molecule has 6 nitrogen and oxygen atoms in total. The van der Waals surface area contributed by atoms with Crippen molar-refractivity contribution in [2.24, 2.45) is 5.92 Å². The highest BCUT2D eigenvalue weighted by Crippen LogP contribution is 2.25. The van der Waals surface area contributed by atoms with E-state index in [1.54, 1.807) is 11.9 Å². The minimum Gasteiger partial charge on any atom is -0.393 e. The summed E-state index contributed by atoms with van der Waals surface area (Å²) in [4.78, 5) is 13.7. The minimum absolute atomic E-state index is 0.181. The van der Waals surface area contributed by atoms with E-state index in [0.717, 1.165) is 37.1 Å². The molecule has 1 aromatic rings. The van der Waals surface area contributed by atoms with Gasteiger partial charge in [0.1, 0.15) is 5.01 Å². The Morgan fingerprint density at radius 2 is 2.20 bits per heavy atom. The molecular weight excluding hydrogens is 276 g/mol. The van der Waals surface area contributed by atoms with Crippen molar-refractivity contribution in [3.05, 3.63) is 5.01 Å². The summed E-state index contributed by atoms with van der Waals surface area (Å²) in [6.45, 7) is 2.58. The summed E-state index contributed by atoms with van der Waals surface area (Å²) in [7, 11) is 1.75. The molecule has 0 saturated heterocycles. The molecule has 1 aromatic heterocycles. The molecule has 1 aliphatic carbocycles. The van der Waals surface area contributed by atoms with E-state index in [2.05, 4.69) is 15.5 Å². The molecule has 0 aromatic carbocycles. The lowest BCUT2D eigenvalue weighted by atomic mass is 9.86. The van der Waals surface area contributed by atoms with Gasteiger partial charge < -0.3 is 10.0 Å². The Kier molecular flexibility index (Phi) is 5.31.